The smallest absolute Gasteiger partial charge is 0.387 e. The lowest BCUT2D eigenvalue weighted by molar-refractivity contribution is -0.121. The fourth-order valence-corrected chi connectivity index (χ4v) is 1.47. The molecule has 6 heteroatoms. The number of alkyl halides is 2. The van der Waals surface area contributed by atoms with Gasteiger partial charge in [-0.05, 0) is 12.1 Å². The zero-order valence-corrected chi connectivity index (χ0v) is 8.95. The Hall–Kier alpha value is -1.69. The van der Waals surface area contributed by atoms with E-state index in [1.807, 2.05) is 0 Å². The second-order valence-electron chi connectivity index (χ2n) is 3.75. The van der Waals surface area contributed by atoms with Crippen molar-refractivity contribution < 1.29 is 18.3 Å². The molecule has 1 fully saturated rings. The van der Waals surface area contributed by atoms with Crippen molar-refractivity contribution in [2.24, 2.45) is 5.92 Å². The Morgan fingerprint density at radius 2 is 2.24 bits per heavy atom. The summed E-state index contributed by atoms with van der Waals surface area (Å²) in [4.78, 5) is 11.6. The van der Waals surface area contributed by atoms with E-state index in [0.717, 1.165) is 0 Å². The van der Waals surface area contributed by atoms with Gasteiger partial charge in [-0.2, -0.15) is 8.78 Å². The van der Waals surface area contributed by atoms with Gasteiger partial charge in [0, 0.05) is 24.8 Å². The lowest BCUT2D eigenvalue weighted by Crippen LogP contribution is -2.48. The summed E-state index contributed by atoms with van der Waals surface area (Å²) >= 11 is 0. The quantitative estimate of drug-likeness (QED) is 0.840. The Morgan fingerprint density at radius 3 is 2.82 bits per heavy atom. The molecule has 0 aliphatic carbocycles. The van der Waals surface area contributed by atoms with Crippen LogP contribution in [-0.2, 0) is 4.79 Å². The van der Waals surface area contributed by atoms with E-state index >= 15 is 0 Å². The topological polar surface area (TPSA) is 50.4 Å². The zero-order valence-electron chi connectivity index (χ0n) is 8.95. The molecule has 0 unspecified atom stereocenters. The molecule has 0 aromatic heterocycles. The minimum Gasteiger partial charge on any atom is -0.435 e. The number of nitrogens with one attached hydrogen (secondary N) is 2. The third-order valence-electron chi connectivity index (χ3n) is 2.48. The van der Waals surface area contributed by atoms with Gasteiger partial charge in [-0.25, -0.2) is 0 Å². The first-order chi connectivity index (χ1) is 8.15. The average Bonchev–Trinajstić information content (AvgIpc) is 2.13. The van der Waals surface area contributed by atoms with Crippen molar-refractivity contribution in [3.63, 3.8) is 0 Å². The molecule has 0 radical (unpaired) electrons. The number of hydrogen-bond acceptors (Lipinski definition) is 3. The number of halogens is 2. The maximum Gasteiger partial charge on any atom is 0.387 e. The highest BCUT2D eigenvalue weighted by Crippen LogP contribution is 2.20. The van der Waals surface area contributed by atoms with Gasteiger partial charge in [-0.15, -0.1) is 0 Å². The van der Waals surface area contributed by atoms with Crippen LogP contribution in [0.3, 0.4) is 0 Å². The van der Waals surface area contributed by atoms with Crippen LogP contribution in [0.1, 0.15) is 0 Å². The fourth-order valence-electron chi connectivity index (χ4n) is 1.47. The second kappa shape index (κ2) is 5.09. The molecule has 4 nitrogen and oxygen atoms in total. The molecule has 0 bridgehead atoms. The summed E-state index contributed by atoms with van der Waals surface area (Å²) in [6.07, 6.45) is 0. The van der Waals surface area contributed by atoms with Crippen LogP contribution in [0, 0.1) is 5.92 Å². The molecule has 0 spiro atoms. The lowest BCUT2D eigenvalue weighted by Gasteiger charge is -2.25. The van der Waals surface area contributed by atoms with Crippen molar-refractivity contribution in [3.8, 4) is 5.75 Å². The monoisotopic (exact) mass is 242 g/mol. The molecule has 1 saturated heterocycles. The van der Waals surface area contributed by atoms with Gasteiger partial charge < -0.3 is 15.4 Å². The van der Waals surface area contributed by atoms with Crippen molar-refractivity contribution in [1.82, 2.24) is 5.32 Å². The van der Waals surface area contributed by atoms with Crippen molar-refractivity contribution in [2.75, 3.05) is 18.4 Å². The summed E-state index contributed by atoms with van der Waals surface area (Å²) < 4.78 is 28.2. The van der Waals surface area contributed by atoms with E-state index in [0.29, 0.717) is 18.8 Å². The number of rotatable bonds is 4. The third-order valence-corrected chi connectivity index (χ3v) is 2.48. The summed E-state index contributed by atoms with van der Waals surface area (Å²) in [5, 5.41) is 5.63. The number of carbonyl (C=O) groups is 1. The van der Waals surface area contributed by atoms with E-state index in [9.17, 15) is 13.6 Å². The largest absolute Gasteiger partial charge is 0.435 e. The number of anilines is 1. The summed E-state index contributed by atoms with van der Waals surface area (Å²) in [7, 11) is 0. The Morgan fingerprint density at radius 1 is 1.47 bits per heavy atom. The molecule has 1 aliphatic heterocycles. The van der Waals surface area contributed by atoms with E-state index in [1.165, 1.54) is 12.1 Å². The van der Waals surface area contributed by atoms with Gasteiger partial charge in [-0.3, -0.25) is 4.79 Å². The van der Waals surface area contributed by atoms with E-state index in [4.69, 9.17) is 0 Å². The standard InChI is InChI=1S/C11H12F2N2O2/c12-11(13)17-9-3-1-2-8(4-9)15-10(16)7-5-14-6-7/h1-4,7,11,14H,5-6H2,(H,15,16). The summed E-state index contributed by atoms with van der Waals surface area (Å²) in [6, 6.07) is 5.96. The van der Waals surface area contributed by atoms with Gasteiger partial charge in [-0.1, -0.05) is 6.07 Å². The first kappa shape index (κ1) is 11.8. The van der Waals surface area contributed by atoms with E-state index in [-0.39, 0.29) is 17.6 Å². The van der Waals surface area contributed by atoms with Gasteiger partial charge >= 0.3 is 6.61 Å². The molecule has 2 rings (SSSR count). The SMILES string of the molecule is O=C(Nc1cccc(OC(F)F)c1)C1CNC1. The first-order valence-corrected chi connectivity index (χ1v) is 5.21. The van der Waals surface area contributed by atoms with Crippen LogP contribution < -0.4 is 15.4 Å². The molecule has 1 amide bonds. The van der Waals surface area contributed by atoms with Crippen molar-refractivity contribution in [2.45, 2.75) is 6.61 Å². The van der Waals surface area contributed by atoms with Crippen molar-refractivity contribution in [3.05, 3.63) is 24.3 Å². The van der Waals surface area contributed by atoms with Crippen LogP contribution in [-0.4, -0.2) is 25.6 Å². The van der Waals surface area contributed by atoms with Gasteiger partial charge in [0.05, 0.1) is 5.92 Å². The van der Waals surface area contributed by atoms with Crippen LogP contribution >= 0.6 is 0 Å². The number of amides is 1. The molecule has 17 heavy (non-hydrogen) atoms. The summed E-state index contributed by atoms with van der Waals surface area (Å²) in [5.74, 6) is -0.128. The highest BCUT2D eigenvalue weighted by molar-refractivity contribution is 5.93. The maximum atomic E-state index is 12.0. The molecule has 1 aromatic rings. The van der Waals surface area contributed by atoms with Gasteiger partial charge in [0.2, 0.25) is 5.91 Å². The van der Waals surface area contributed by atoms with Crippen molar-refractivity contribution >= 4 is 11.6 Å². The fraction of sp³-hybridized carbons (Fsp3) is 0.364. The average molecular weight is 242 g/mol. The molecule has 92 valence electrons. The van der Waals surface area contributed by atoms with Crippen LogP contribution in [0.25, 0.3) is 0 Å². The molecule has 0 atom stereocenters. The Bertz CT molecular complexity index is 408. The normalized spacial score (nSPS) is 15.5. The van der Waals surface area contributed by atoms with Crippen LogP contribution in [0.4, 0.5) is 14.5 Å². The molecule has 2 N–H and O–H groups in total. The molecular formula is C11H12F2N2O2. The first-order valence-electron chi connectivity index (χ1n) is 5.21. The molecular weight excluding hydrogens is 230 g/mol. The van der Waals surface area contributed by atoms with Gasteiger partial charge in [0.15, 0.2) is 0 Å². The van der Waals surface area contributed by atoms with E-state index in [1.54, 1.807) is 12.1 Å². The number of hydrogen-bond donors (Lipinski definition) is 2. The summed E-state index contributed by atoms with van der Waals surface area (Å²) in [5.41, 5.74) is 0.458. The molecule has 1 aliphatic rings. The van der Waals surface area contributed by atoms with E-state index in [2.05, 4.69) is 15.4 Å². The number of benzene rings is 1. The molecule has 1 aromatic carbocycles. The van der Waals surface area contributed by atoms with Gasteiger partial charge in [0.1, 0.15) is 5.75 Å². The predicted molar refractivity (Wildman–Crippen MR) is 58.1 cm³/mol. The highest BCUT2D eigenvalue weighted by Gasteiger charge is 2.24. The summed E-state index contributed by atoms with van der Waals surface area (Å²) in [6.45, 7) is -1.56. The van der Waals surface area contributed by atoms with Gasteiger partial charge in [0.25, 0.3) is 0 Å². The number of ether oxygens (including phenoxy) is 1. The third kappa shape index (κ3) is 3.13. The van der Waals surface area contributed by atoms with Crippen LogP contribution in [0.5, 0.6) is 5.75 Å². The van der Waals surface area contributed by atoms with Crippen LogP contribution in [0.15, 0.2) is 24.3 Å². The Balaban J connectivity index is 1.97. The lowest BCUT2D eigenvalue weighted by atomic mass is 10.0. The zero-order chi connectivity index (χ0) is 12.3. The maximum absolute atomic E-state index is 12.0. The predicted octanol–water partition coefficient (Wildman–Crippen LogP) is 1.45. The molecule has 0 saturated carbocycles. The van der Waals surface area contributed by atoms with Crippen LogP contribution in [0.2, 0.25) is 0 Å². The molecule has 1 heterocycles. The second-order valence-corrected chi connectivity index (χ2v) is 3.75. The Labute approximate surface area is 97.0 Å². The minimum absolute atomic E-state index is 0.0320. The van der Waals surface area contributed by atoms with Crippen molar-refractivity contribution in [1.29, 1.82) is 0 Å². The number of carbonyl (C=O) groups excluding carboxylic acids is 1. The Kier molecular flexibility index (Phi) is 3.53. The van der Waals surface area contributed by atoms with E-state index < -0.39 is 6.61 Å². The minimum atomic E-state index is -2.86. The highest BCUT2D eigenvalue weighted by atomic mass is 19.3.